The Morgan fingerprint density at radius 2 is 2.31 bits per heavy atom. The van der Waals surface area contributed by atoms with E-state index in [2.05, 4.69) is 20.9 Å². The summed E-state index contributed by atoms with van der Waals surface area (Å²) in [6.07, 6.45) is 0.510. The summed E-state index contributed by atoms with van der Waals surface area (Å²) in [6.45, 7) is 1.93. The Balaban J connectivity index is 2.93. The second kappa shape index (κ2) is 4.17. The van der Waals surface area contributed by atoms with Gasteiger partial charge in [-0.25, -0.2) is 4.98 Å². The second-order valence-corrected chi connectivity index (χ2v) is 4.05. The highest BCUT2D eigenvalue weighted by Crippen LogP contribution is 2.20. The molecule has 13 heavy (non-hydrogen) atoms. The van der Waals surface area contributed by atoms with E-state index in [0.29, 0.717) is 6.42 Å². The lowest BCUT2D eigenvalue weighted by molar-refractivity contribution is 0.245. The molecule has 1 aromatic rings. The zero-order valence-corrected chi connectivity index (χ0v) is 9.08. The van der Waals surface area contributed by atoms with Crippen LogP contribution in [-0.4, -0.2) is 16.7 Å². The van der Waals surface area contributed by atoms with Crippen molar-refractivity contribution < 1.29 is 5.11 Å². The Morgan fingerprint density at radius 1 is 1.62 bits per heavy atom. The molecule has 4 heteroatoms. The molecule has 72 valence electrons. The van der Waals surface area contributed by atoms with Crippen LogP contribution in [0.3, 0.4) is 0 Å². The molecule has 0 bridgehead atoms. The quantitative estimate of drug-likeness (QED) is 0.791. The van der Waals surface area contributed by atoms with Gasteiger partial charge in [0.2, 0.25) is 0 Å². The van der Waals surface area contributed by atoms with Crippen LogP contribution in [0.25, 0.3) is 0 Å². The second-order valence-electron chi connectivity index (χ2n) is 3.24. The van der Waals surface area contributed by atoms with Gasteiger partial charge in [0.1, 0.15) is 4.60 Å². The molecule has 1 rings (SSSR count). The fourth-order valence-electron chi connectivity index (χ4n) is 1.09. The third-order valence-corrected chi connectivity index (χ3v) is 2.37. The fourth-order valence-corrected chi connectivity index (χ4v) is 1.43. The standard InChI is InChI=1S/C9H13BrN2O/c1-9(11,5-6-13)7-3-2-4-8(10)12-7/h2-4,13H,5-6,11H2,1H3/t9-/m0/s1. The first-order valence-corrected chi connectivity index (χ1v) is 4.88. The Morgan fingerprint density at radius 3 is 2.85 bits per heavy atom. The number of rotatable bonds is 3. The van der Waals surface area contributed by atoms with E-state index in [9.17, 15) is 0 Å². The van der Waals surface area contributed by atoms with Crippen molar-refractivity contribution in [2.45, 2.75) is 18.9 Å². The molecule has 0 amide bonds. The van der Waals surface area contributed by atoms with Crippen LogP contribution in [0, 0.1) is 0 Å². The third kappa shape index (κ3) is 2.76. The fraction of sp³-hybridized carbons (Fsp3) is 0.444. The Hall–Kier alpha value is -0.450. The molecule has 1 atom stereocenters. The van der Waals surface area contributed by atoms with E-state index in [1.165, 1.54) is 0 Å². The smallest absolute Gasteiger partial charge is 0.106 e. The molecule has 0 aliphatic heterocycles. The van der Waals surface area contributed by atoms with Gasteiger partial charge in [-0.1, -0.05) is 6.07 Å². The predicted octanol–water partition coefficient (Wildman–Crippen LogP) is 1.40. The number of halogens is 1. The highest BCUT2D eigenvalue weighted by Gasteiger charge is 2.21. The molecule has 0 saturated carbocycles. The summed E-state index contributed by atoms with van der Waals surface area (Å²) in [4.78, 5) is 4.24. The Labute approximate surface area is 86.1 Å². The normalized spacial score (nSPS) is 15.4. The number of aliphatic hydroxyl groups is 1. The van der Waals surface area contributed by atoms with Gasteiger partial charge >= 0.3 is 0 Å². The largest absolute Gasteiger partial charge is 0.396 e. The first-order valence-electron chi connectivity index (χ1n) is 4.09. The summed E-state index contributed by atoms with van der Waals surface area (Å²) in [5, 5.41) is 8.81. The number of nitrogens with zero attached hydrogens (tertiary/aromatic N) is 1. The van der Waals surface area contributed by atoms with Gasteiger partial charge < -0.3 is 10.8 Å². The van der Waals surface area contributed by atoms with Gasteiger partial charge in [-0.3, -0.25) is 0 Å². The van der Waals surface area contributed by atoms with E-state index >= 15 is 0 Å². The molecule has 0 radical (unpaired) electrons. The maximum atomic E-state index is 8.81. The minimum Gasteiger partial charge on any atom is -0.396 e. The molecule has 1 aromatic heterocycles. The van der Waals surface area contributed by atoms with Crippen molar-refractivity contribution in [3.05, 3.63) is 28.5 Å². The maximum absolute atomic E-state index is 8.81. The molecule has 0 aliphatic carbocycles. The summed E-state index contributed by atoms with van der Waals surface area (Å²) in [5.74, 6) is 0. The average Bonchev–Trinajstić information content (AvgIpc) is 2.04. The molecule has 3 nitrogen and oxygen atoms in total. The number of aromatic nitrogens is 1. The predicted molar refractivity (Wildman–Crippen MR) is 55.2 cm³/mol. The molecule has 0 aliphatic rings. The van der Waals surface area contributed by atoms with Gasteiger partial charge in [0.25, 0.3) is 0 Å². The van der Waals surface area contributed by atoms with Crippen molar-refractivity contribution in [1.82, 2.24) is 4.98 Å². The molecule has 0 aromatic carbocycles. The zero-order chi connectivity index (χ0) is 9.90. The van der Waals surface area contributed by atoms with Gasteiger partial charge in [0, 0.05) is 6.61 Å². The number of pyridine rings is 1. The van der Waals surface area contributed by atoms with Crippen molar-refractivity contribution in [2.24, 2.45) is 5.73 Å². The topological polar surface area (TPSA) is 59.1 Å². The monoisotopic (exact) mass is 244 g/mol. The van der Waals surface area contributed by atoms with Gasteiger partial charge in [-0.2, -0.15) is 0 Å². The molecule has 3 N–H and O–H groups in total. The number of nitrogens with two attached hydrogens (primary N) is 1. The summed E-state index contributed by atoms with van der Waals surface area (Å²) < 4.78 is 0.764. The van der Waals surface area contributed by atoms with Gasteiger partial charge in [0.05, 0.1) is 11.2 Å². The molecule has 0 spiro atoms. The van der Waals surface area contributed by atoms with Crippen molar-refractivity contribution >= 4 is 15.9 Å². The number of hydrogen-bond acceptors (Lipinski definition) is 3. The van der Waals surface area contributed by atoms with Crippen LogP contribution in [-0.2, 0) is 5.54 Å². The number of aliphatic hydroxyl groups excluding tert-OH is 1. The van der Waals surface area contributed by atoms with Crippen molar-refractivity contribution in [3.63, 3.8) is 0 Å². The lowest BCUT2D eigenvalue weighted by Crippen LogP contribution is -2.35. The third-order valence-electron chi connectivity index (χ3n) is 1.93. The van der Waals surface area contributed by atoms with Crippen LogP contribution in [0.4, 0.5) is 0 Å². The highest BCUT2D eigenvalue weighted by molar-refractivity contribution is 9.10. The Bertz CT molecular complexity index is 289. The molecule has 1 heterocycles. The summed E-state index contributed by atoms with van der Waals surface area (Å²) >= 11 is 3.28. The average molecular weight is 245 g/mol. The van der Waals surface area contributed by atoms with Crippen LogP contribution < -0.4 is 5.73 Å². The first-order chi connectivity index (χ1) is 6.06. The first kappa shape index (κ1) is 10.6. The van der Waals surface area contributed by atoms with E-state index in [-0.39, 0.29) is 6.61 Å². The zero-order valence-electron chi connectivity index (χ0n) is 7.50. The van der Waals surface area contributed by atoms with E-state index in [0.717, 1.165) is 10.3 Å². The van der Waals surface area contributed by atoms with Crippen molar-refractivity contribution in [1.29, 1.82) is 0 Å². The van der Waals surface area contributed by atoms with Gasteiger partial charge in [-0.05, 0) is 41.4 Å². The summed E-state index contributed by atoms with van der Waals surface area (Å²) in [7, 11) is 0. The van der Waals surface area contributed by atoms with Crippen LogP contribution >= 0.6 is 15.9 Å². The van der Waals surface area contributed by atoms with Crippen LogP contribution in [0.15, 0.2) is 22.8 Å². The van der Waals surface area contributed by atoms with Crippen molar-refractivity contribution in [2.75, 3.05) is 6.61 Å². The molecule has 0 saturated heterocycles. The van der Waals surface area contributed by atoms with E-state index < -0.39 is 5.54 Å². The minimum atomic E-state index is -0.557. The van der Waals surface area contributed by atoms with Gasteiger partial charge in [0.15, 0.2) is 0 Å². The van der Waals surface area contributed by atoms with Crippen LogP contribution in [0.5, 0.6) is 0 Å². The Kier molecular flexibility index (Phi) is 3.41. The van der Waals surface area contributed by atoms with E-state index in [1.807, 2.05) is 25.1 Å². The maximum Gasteiger partial charge on any atom is 0.106 e. The summed E-state index contributed by atoms with van der Waals surface area (Å²) in [6, 6.07) is 5.59. The van der Waals surface area contributed by atoms with E-state index in [1.54, 1.807) is 0 Å². The van der Waals surface area contributed by atoms with Gasteiger partial charge in [-0.15, -0.1) is 0 Å². The molecular weight excluding hydrogens is 232 g/mol. The van der Waals surface area contributed by atoms with Crippen LogP contribution in [0.1, 0.15) is 19.0 Å². The lowest BCUT2D eigenvalue weighted by atomic mass is 9.95. The molecular formula is C9H13BrN2O. The van der Waals surface area contributed by atoms with E-state index in [4.69, 9.17) is 10.8 Å². The SMILES string of the molecule is C[C@](N)(CCO)c1cccc(Br)n1. The molecule has 0 fully saturated rings. The van der Waals surface area contributed by atoms with Crippen LogP contribution in [0.2, 0.25) is 0 Å². The minimum absolute atomic E-state index is 0.0706. The molecule has 0 unspecified atom stereocenters. The lowest BCUT2D eigenvalue weighted by Gasteiger charge is -2.22. The van der Waals surface area contributed by atoms with Crippen molar-refractivity contribution in [3.8, 4) is 0 Å². The summed E-state index contributed by atoms with van der Waals surface area (Å²) in [5.41, 5.74) is 6.20. The highest BCUT2D eigenvalue weighted by atomic mass is 79.9. The number of hydrogen-bond donors (Lipinski definition) is 2.